The van der Waals surface area contributed by atoms with Crippen molar-refractivity contribution < 1.29 is 9.47 Å². The minimum Gasteiger partial charge on any atom is -0.487 e. The standard InChI is InChI=1S/C25H27N5O2/c1-2-9-26-23(5-1)19-32-24-6-3-4-20(15-24)16-29-12-13-31-18-21(17-29)14-22-7-8-25-27-10-11-30(25)28-22/h1-11,15,21H,12-14,16-19H2/t21-/m0/s1. The summed E-state index contributed by atoms with van der Waals surface area (Å²) in [6, 6.07) is 18.3. The third-order valence-electron chi connectivity index (χ3n) is 5.65. The normalized spacial score (nSPS) is 17.3. The lowest BCUT2D eigenvalue weighted by Crippen LogP contribution is -2.30. The van der Waals surface area contributed by atoms with E-state index >= 15 is 0 Å². The monoisotopic (exact) mass is 429 g/mol. The van der Waals surface area contributed by atoms with Gasteiger partial charge in [-0.2, -0.15) is 5.10 Å². The fourth-order valence-corrected chi connectivity index (χ4v) is 4.11. The van der Waals surface area contributed by atoms with Crippen LogP contribution in [0.5, 0.6) is 5.75 Å². The van der Waals surface area contributed by atoms with Crippen molar-refractivity contribution in [3.8, 4) is 5.75 Å². The van der Waals surface area contributed by atoms with Crippen LogP contribution < -0.4 is 4.74 Å². The molecule has 4 aromatic rings. The maximum Gasteiger partial charge on any atom is 0.153 e. The van der Waals surface area contributed by atoms with Gasteiger partial charge in [-0.05, 0) is 48.4 Å². The molecule has 0 unspecified atom stereocenters. The predicted octanol–water partition coefficient (Wildman–Crippen LogP) is 3.39. The zero-order chi connectivity index (χ0) is 21.6. The van der Waals surface area contributed by atoms with Crippen LogP contribution in [0.15, 0.2) is 73.2 Å². The van der Waals surface area contributed by atoms with Gasteiger partial charge in [-0.25, -0.2) is 9.50 Å². The molecule has 0 aliphatic carbocycles. The molecule has 1 aliphatic heterocycles. The average molecular weight is 430 g/mol. The van der Waals surface area contributed by atoms with Crippen LogP contribution in [0, 0.1) is 5.92 Å². The Morgan fingerprint density at radius 2 is 2.00 bits per heavy atom. The lowest BCUT2D eigenvalue weighted by Gasteiger charge is -2.23. The van der Waals surface area contributed by atoms with Crippen molar-refractivity contribution >= 4 is 5.65 Å². The zero-order valence-corrected chi connectivity index (χ0v) is 18.0. The lowest BCUT2D eigenvalue weighted by molar-refractivity contribution is 0.121. The molecule has 7 heteroatoms. The highest BCUT2D eigenvalue weighted by Crippen LogP contribution is 2.19. The topological polar surface area (TPSA) is 64.8 Å². The fourth-order valence-electron chi connectivity index (χ4n) is 4.11. The van der Waals surface area contributed by atoms with E-state index in [1.165, 1.54) is 5.56 Å². The van der Waals surface area contributed by atoms with Gasteiger partial charge in [-0.1, -0.05) is 18.2 Å². The number of imidazole rings is 1. The molecule has 0 radical (unpaired) electrons. The Hall–Kier alpha value is -3.29. The second-order valence-electron chi connectivity index (χ2n) is 8.19. The van der Waals surface area contributed by atoms with E-state index in [-0.39, 0.29) is 0 Å². The van der Waals surface area contributed by atoms with Crippen molar-refractivity contribution in [1.82, 2.24) is 24.5 Å². The molecule has 7 nitrogen and oxygen atoms in total. The van der Waals surface area contributed by atoms with Gasteiger partial charge in [0.2, 0.25) is 0 Å². The number of nitrogens with zero attached hydrogens (tertiary/aromatic N) is 5. The molecule has 32 heavy (non-hydrogen) atoms. The molecule has 5 rings (SSSR count). The summed E-state index contributed by atoms with van der Waals surface area (Å²) in [7, 11) is 0. The van der Waals surface area contributed by atoms with Crippen LogP contribution in [-0.2, 0) is 24.3 Å². The predicted molar refractivity (Wildman–Crippen MR) is 121 cm³/mol. The summed E-state index contributed by atoms with van der Waals surface area (Å²) >= 11 is 0. The molecule has 164 valence electrons. The Labute approximate surface area is 187 Å². The molecule has 0 bridgehead atoms. The van der Waals surface area contributed by atoms with E-state index in [2.05, 4.69) is 44.2 Å². The van der Waals surface area contributed by atoms with E-state index in [1.54, 1.807) is 12.4 Å². The number of aromatic nitrogens is 4. The quantitative estimate of drug-likeness (QED) is 0.449. The van der Waals surface area contributed by atoms with Crippen LogP contribution >= 0.6 is 0 Å². The number of rotatable bonds is 7. The van der Waals surface area contributed by atoms with Crippen LogP contribution in [0.3, 0.4) is 0 Å². The summed E-state index contributed by atoms with van der Waals surface area (Å²) in [6.45, 7) is 4.74. The Balaban J connectivity index is 1.20. The molecule has 3 aromatic heterocycles. The van der Waals surface area contributed by atoms with E-state index in [1.807, 2.05) is 41.0 Å². The zero-order valence-electron chi connectivity index (χ0n) is 18.0. The lowest BCUT2D eigenvalue weighted by atomic mass is 10.0. The summed E-state index contributed by atoms with van der Waals surface area (Å²) in [5, 5.41) is 4.68. The maximum absolute atomic E-state index is 5.95. The van der Waals surface area contributed by atoms with Gasteiger partial charge < -0.3 is 9.47 Å². The van der Waals surface area contributed by atoms with Gasteiger partial charge in [-0.15, -0.1) is 0 Å². The highest BCUT2D eigenvalue weighted by molar-refractivity contribution is 5.36. The number of hydrogen-bond acceptors (Lipinski definition) is 6. The fraction of sp³-hybridized carbons (Fsp3) is 0.320. The minimum absolute atomic E-state index is 0.398. The number of pyridine rings is 1. The third kappa shape index (κ3) is 5.30. The van der Waals surface area contributed by atoms with Crippen LogP contribution in [0.2, 0.25) is 0 Å². The summed E-state index contributed by atoms with van der Waals surface area (Å²) < 4.78 is 13.7. The average Bonchev–Trinajstić information content (AvgIpc) is 3.18. The second kappa shape index (κ2) is 9.89. The minimum atomic E-state index is 0.398. The van der Waals surface area contributed by atoms with E-state index < -0.39 is 0 Å². The Morgan fingerprint density at radius 3 is 2.94 bits per heavy atom. The molecule has 0 N–H and O–H groups in total. The molecule has 0 spiro atoms. The molecule has 0 saturated carbocycles. The van der Waals surface area contributed by atoms with Gasteiger partial charge in [-0.3, -0.25) is 9.88 Å². The molecular weight excluding hydrogens is 402 g/mol. The SMILES string of the molecule is c1ccc(COc2cccc(CN3CCOC[C@@H](Cc4ccc5nccn5n4)C3)c2)nc1. The Kier molecular flexibility index (Phi) is 6.37. The molecular formula is C25H27N5O2. The second-order valence-corrected chi connectivity index (χ2v) is 8.19. The van der Waals surface area contributed by atoms with E-state index in [0.717, 1.165) is 62.1 Å². The molecule has 4 heterocycles. The number of ether oxygens (including phenoxy) is 2. The van der Waals surface area contributed by atoms with E-state index in [4.69, 9.17) is 9.47 Å². The van der Waals surface area contributed by atoms with Gasteiger partial charge >= 0.3 is 0 Å². The van der Waals surface area contributed by atoms with E-state index in [9.17, 15) is 0 Å². The van der Waals surface area contributed by atoms with Gasteiger partial charge in [0.25, 0.3) is 0 Å². The summed E-state index contributed by atoms with van der Waals surface area (Å²) in [6.07, 6.45) is 6.34. The maximum atomic E-state index is 5.95. The number of benzene rings is 1. The van der Waals surface area contributed by atoms with Gasteiger partial charge in [0.05, 0.1) is 24.6 Å². The van der Waals surface area contributed by atoms with Crippen molar-refractivity contribution in [2.24, 2.45) is 5.92 Å². The highest BCUT2D eigenvalue weighted by atomic mass is 16.5. The van der Waals surface area contributed by atoms with Crippen LogP contribution in [0.25, 0.3) is 5.65 Å². The van der Waals surface area contributed by atoms with Crippen LogP contribution in [0.1, 0.15) is 17.0 Å². The molecule has 1 aromatic carbocycles. The van der Waals surface area contributed by atoms with Gasteiger partial charge in [0.15, 0.2) is 5.65 Å². The largest absolute Gasteiger partial charge is 0.487 e. The summed E-state index contributed by atoms with van der Waals surface area (Å²) in [4.78, 5) is 11.1. The summed E-state index contributed by atoms with van der Waals surface area (Å²) in [5.41, 5.74) is 4.10. The van der Waals surface area contributed by atoms with Crippen molar-refractivity contribution in [3.63, 3.8) is 0 Å². The van der Waals surface area contributed by atoms with Crippen molar-refractivity contribution in [1.29, 1.82) is 0 Å². The van der Waals surface area contributed by atoms with Crippen LogP contribution in [0.4, 0.5) is 0 Å². The Bertz CT molecular complexity index is 1150. The molecule has 1 saturated heterocycles. The number of hydrogen-bond donors (Lipinski definition) is 0. The first-order chi connectivity index (χ1) is 15.8. The first-order valence-corrected chi connectivity index (χ1v) is 11.0. The summed E-state index contributed by atoms with van der Waals surface area (Å²) in [5.74, 6) is 1.27. The van der Waals surface area contributed by atoms with E-state index in [0.29, 0.717) is 12.5 Å². The molecule has 1 aliphatic rings. The highest BCUT2D eigenvalue weighted by Gasteiger charge is 2.20. The molecule has 1 fully saturated rings. The molecule has 1 atom stereocenters. The first kappa shape index (κ1) is 20.6. The van der Waals surface area contributed by atoms with Crippen LogP contribution in [-0.4, -0.2) is 50.8 Å². The van der Waals surface area contributed by atoms with Gasteiger partial charge in [0.1, 0.15) is 12.4 Å². The Morgan fingerprint density at radius 1 is 1.00 bits per heavy atom. The van der Waals surface area contributed by atoms with Crippen molar-refractivity contribution in [2.45, 2.75) is 19.6 Å². The smallest absolute Gasteiger partial charge is 0.153 e. The third-order valence-corrected chi connectivity index (χ3v) is 5.65. The van der Waals surface area contributed by atoms with Crippen molar-refractivity contribution in [3.05, 3.63) is 90.1 Å². The van der Waals surface area contributed by atoms with Gasteiger partial charge in [0, 0.05) is 44.1 Å². The number of fused-ring (bicyclic) bond motifs is 1. The first-order valence-electron chi connectivity index (χ1n) is 11.0. The molecule has 0 amide bonds. The van der Waals surface area contributed by atoms with Crippen molar-refractivity contribution in [2.75, 3.05) is 26.3 Å².